The molecule has 1 aliphatic rings. The molecule has 27 heavy (non-hydrogen) atoms. The van der Waals surface area contributed by atoms with Crippen molar-refractivity contribution in [3.63, 3.8) is 0 Å². The van der Waals surface area contributed by atoms with Gasteiger partial charge in [-0.2, -0.15) is 0 Å². The highest BCUT2D eigenvalue weighted by molar-refractivity contribution is 6.01. The summed E-state index contributed by atoms with van der Waals surface area (Å²) in [6, 6.07) is 8.48. The summed E-state index contributed by atoms with van der Waals surface area (Å²) in [4.78, 5) is 16.4. The molecule has 2 aromatic rings. The summed E-state index contributed by atoms with van der Waals surface area (Å²) in [5.74, 6) is 0.274. The van der Waals surface area contributed by atoms with E-state index in [4.69, 9.17) is 11.3 Å². The molecule has 4 nitrogen and oxygen atoms in total. The number of nitrogens with zero attached hydrogens (tertiary/aromatic N) is 2. The summed E-state index contributed by atoms with van der Waals surface area (Å²) in [7, 11) is 1.85. The molecule has 0 spiro atoms. The van der Waals surface area contributed by atoms with Crippen molar-refractivity contribution in [3.8, 4) is 11.1 Å². The van der Waals surface area contributed by atoms with Gasteiger partial charge in [-0.05, 0) is 43.2 Å². The molecular weight excluding hydrogens is 336 g/mol. The Morgan fingerprint density at radius 2 is 1.85 bits per heavy atom. The van der Waals surface area contributed by atoms with Crippen LogP contribution in [0.3, 0.4) is 0 Å². The van der Waals surface area contributed by atoms with E-state index < -0.39 is 0 Å². The van der Waals surface area contributed by atoms with Gasteiger partial charge in [0.2, 0.25) is 5.69 Å². The first-order valence-corrected chi connectivity index (χ1v) is 9.98. The van der Waals surface area contributed by atoms with Crippen LogP contribution < -0.4 is 0 Å². The fourth-order valence-electron chi connectivity index (χ4n) is 4.31. The fourth-order valence-corrected chi connectivity index (χ4v) is 4.31. The minimum Gasteiger partial charge on any atom is -0.461 e. The van der Waals surface area contributed by atoms with Gasteiger partial charge in [0, 0.05) is 18.3 Å². The molecular formula is C23H28N2O2. The zero-order chi connectivity index (χ0) is 19.4. The molecule has 0 N–H and O–H groups in total. The standard InChI is InChI=1S/C23H28N2O2/c1-5-19-21(24-3)20(22(25(19)4)23(26)27-6-2)18-14-12-17(13-15-18)16-10-8-7-9-11-16/h12-16H,5-11H2,1-2,4H3. The molecule has 0 amide bonds. The average Bonchev–Trinajstić information content (AvgIpc) is 3.00. The molecule has 0 atom stereocenters. The molecule has 1 aromatic heterocycles. The molecule has 142 valence electrons. The number of benzene rings is 1. The van der Waals surface area contributed by atoms with Crippen molar-refractivity contribution in [1.82, 2.24) is 4.57 Å². The minimum absolute atomic E-state index is 0.318. The maximum atomic E-state index is 12.6. The smallest absolute Gasteiger partial charge is 0.354 e. The van der Waals surface area contributed by atoms with Crippen molar-refractivity contribution in [2.24, 2.45) is 7.05 Å². The molecule has 0 aliphatic heterocycles. The normalized spacial score (nSPS) is 14.7. The Kier molecular flexibility index (Phi) is 6.01. The van der Waals surface area contributed by atoms with Gasteiger partial charge in [-0.15, -0.1) is 0 Å². The summed E-state index contributed by atoms with van der Waals surface area (Å²) in [6.07, 6.45) is 7.16. The molecule has 4 heteroatoms. The number of carbonyl (C=O) groups excluding carboxylic acids is 1. The van der Waals surface area contributed by atoms with E-state index >= 15 is 0 Å². The van der Waals surface area contributed by atoms with E-state index in [0.717, 1.165) is 11.3 Å². The summed E-state index contributed by atoms with van der Waals surface area (Å²) in [5, 5.41) is 0. The van der Waals surface area contributed by atoms with Gasteiger partial charge >= 0.3 is 5.97 Å². The number of esters is 1. The highest BCUT2D eigenvalue weighted by Gasteiger charge is 2.27. The number of rotatable bonds is 5. The summed E-state index contributed by atoms with van der Waals surface area (Å²) >= 11 is 0. The van der Waals surface area contributed by atoms with Crippen molar-refractivity contribution in [1.29, 1.82) is 0 Å². The Balaban J connectivity index is 2.07. The highest BCUT2D eigenvalue weighted by atomic mass is 16.5. The third-order valence-electron chi connectivity index (χ3n) is 5.68. The lowest BCUT2D eigenvalue weighted by atomic mass is 9.83. The van der Waals surface area contributed by atoms with Crippen LogP contribution in [0, 0.1) is 6.57 Å². The van der Waals surface area contributed by atoms with Crippen LogP contribution >= 0.6 is 0 Å². The quantitative estimate of drug-likeness (QED) is 0.480. The minimum atomic E-state index is -0.365. The monoisotopic (exact) mass is 364 g/mol. The number of hydrogen-bond donors (Lipinski definition) is 0. The molecule has 1 fully saturated rings. The molecule has 0 bridgehead atoms. The first kappa shape index (κ1) is 19.2. The lowest BCUT2D eigenvalue weighted by molar-refractivity contribution is 0.0516. The highest BCUT2D eigenvalue weighted by Crippen LogP contribution is 2.41. The van der Waals surface area contributed by atoms with Crippen molar-refractivity contribution in [3.05, 3.63) is 52.6 Å². The van der Waals surface area contributed by atoms with Crippen LogP contribution in [-0.4, -0.2) is 17.1 Å². The molecule has 1 saturated carbocycles. The van der Waals surface area contributed by atoms with Crippen molar-refractivity contribution < 1.29 is 9.53 Å². The summed E-state index contributed by atoms with van der Waals surface area (Å²) in [6.45, 7) is 11.8. The van der Waals surface area contributed by atoms with Crippen LogP contribution in [0.15, 0.2) is 24.3 Å². The Hall–Kier alpha value is -2.54. The SMILES string of the molecule is [C-]#[N+]c1c(-c2ccc(C3CCCCC3)cc2)c(C(=O)OCC)n(C)c1CC. The second kappa shape index (κ2) is 8.43. The van der Waals surface area contributed by atoms with Crippen molar-refractivity contribution >= 4 is 11.7 Å². The topological polar surface area (TPSA) is 35.6 Å². The first-order valence-electron chi connectivity index (χ1n) is 9.98. The number of ether oxygens (including phenoxy) is 1. The lowest BCUT2D eigenvalue weighted by Crippen LogP contribution is -2.12. The predicted octanol–water partition coefficient (Wildman–Crippen LogP) is 6.03. The lowest BCUT2D eigenvalue weighted by Gasteiger charge is -2.22. The number of hydrogen-bond acceptors (Lipinski definition) is 2. The van der Waals surface area contributed by atoms with E-state index in [1.54, 1.807) is 6.92 Å². The van der Waals surface area contributed by atoms with Crippen LogP contribution in [0.25, 0.3) is 16.0 Å². The predicted molar refractivity (Wildman–Crippen MR) is 108 cm³/mol. The third-order valence-corrected chi connectivity index (χ3v) is 5.68. The van der Waals surface area contributed by atoms with E-state index in [9.17, 15) is 4.79 Å². The van der Waals surface area contributed by atoms with Crippen molar-refractivity contribution in [2.75, 3.05) is 6.61 Å². The number of carbonyl (C=O) groups is 1. The molecule has 0 saturated heterocycles. The van der Waals surface area contributed by atoms with Crippen LogP contribution in [0.1, 0.15) is 73.6 Å². The second-order valence-corrected chi connectivity index (χ2v) is 7.22. The van der Waals surface area contributed by atoms with E-state index in [1.165, 1.54) is 37.7 Å². The van der Waals surface area contributed by atoms with Crippen molar-refractivity contribution in [2.45, 2.75) is 58.3 Å². The molecule has 1 aliphatic carbocycles. The maximum absolute atomic E-state index is 12.6. The van der Waals surface area contributed by atoms with E-state index in [2.05, 4.69) is 29.1 Å². The summed E-state index contributed by atoms with van der Waals surface area (Å²) < 4.78 is 7.11. The molecule has 3 rings (SSSR count). The van der Waals surface area contributed by atoms with Crippen LogP contribution in [-0.2, 0) is 18.2 Å². The van der Waals surface area contributed by atoms with Gasteiger partial charge in [0.15, 0.2) is 0 Å². The van der Waals surface area contributed by atoms with Gasteiger partial charge < -0.3 is 9.30 Å². The van der Waals surface area contributed by atoms with Gasteiger partial charge in [0.25, 0.3) is 0 Å². The van der Waals surface area contributed by atoms with E-state index in [1.807, 2.05) is 18.5 Å². The average molecular weight is 364 g/mol. The Labute approximate surface area is 162 Å². The summed E-state index contributed by atoms with van der Waals surface area (Å²) in [5.41, 5.74) is 4.90. The van der Waals surface area contributed by atoms with Gasteiger partial charge in [0.1, 0.15) is 5.69 Å². The zero-order valence-corrected chi connectivity index (χ0v) is 16.5. The Morgan fingerprint density at radius 1 is 1.19 bits per heavy atom. The van der Waals surface area contributed by atoms with E-state index in [-0.39, 0.29) is 5.97 Å². The van der Waals surface area contributed by atoms with Gasteiger partial charge in [-0.25, -0.2) is 9.64 Å². The van der Waals surface area contributed by atoms with Crippen LogP contribution in [0.2, 0.25) is 0 Å². The maximum Gasteiger partial charge on any atom is 0.354 e. The fraction of sp³-hybridized carbons (Fsp3) is 0.478. The third kappa shape index (κ3) is 3.64. The molecule has 0 unspecified atom stereocenters. The Bertz CT molecular complexity index is 850. The molecule has 1 heterocycles. The van der Waals surface area contributed by atoms with Gasteiger partial charge in [-0.1, -0.05) is 50.5 Å². The van der Waals surface area contributed by atoms with Gasteiger partial charge in [0.05, 0.1) is 13.2 Å². The van der Waals surface area contributed by atoms with Gasteiger partial charge in [-0.3, -0.25) is 0 Å². The molecule has 1 aromatic carbocycles. The van der Waals surface area contributed by atoms with E-state index in [0.29, 0.717) is 35.9 Å². The largest absolute Gasteiger partial charge is 0.461 e. The second-order valence-electron chi connectivity index (χ2n) is 7.22. The van der Waals surface area contributed by atoms with Crippen LogP contribution in [0.5, 0.6) is 0 Å². The molecule has 0 radical (unpaired) electrons. The van der Waals surface area contributed by atoms with Crippen LogP contribution in [0.4, 0.5) is 5.69 Å². The number of aromatic nitrogens is 1. The zero-order valence-electron chi connectivity index (χ0n) is 16.5. The Morgan fingerprint density at radius 3 is 2.41 bits per heavy atom. The first-order chi connectivity index (χ1) is 13.1.